The molecule has 1 atom stereocenters. The Morgan fingerprint density at radius 3 is 2.67 bits per heavy atom. The number of aryl methyl sites for hydroxylation is 2. The van der Waals surface area contributed by atoms with E-state index in [1.54, 1.807) is 35.0 Å². The van der Waals surface area contributed by atoms with Gasteiger partial charge in [0, 0.05) is 25.2 Å². The zero-order valence-corrected chi connectivity index (χ0v) is 18.1. The van der Waals surface area contributed by atoms with E-state index in [-0.39, 0.29) is 29.0 Å². The summed E-state index contributed by atoms with van der Waals surface area (Å²) in [6, 6.07) is 10.4. The van der Waals surface area contributed by atoms with Crippen molar-refractivity contribution in [1.82, 2.24) is 19.5 Å². The molecule has 0 N–H and O–H groups in total. The lowest BCUT2D eigenvalue weighted by molar-refractivity contribution is -0.134. The fourth-order valence-corrected chi connectivity index (χ4v) is 5.28. The molecule has 0 saturated carbocycles. The van der Waals surface area contributed by atoms with Gasteiger partial charge in [0.15, 0.2) is 15.5 Å². The molecule has 1 amide bonds. The van der Waals surface area contributed by atoms with Crippen molar-refractivity contribution in [1.29, 1.82) is 0 Å². The Kier molecular flexibility index (Phi) is 5.60. The first-order valence-corrected chi connectivity index (χ1v) is 11.9. The van der Waals surface area contributed by atoms with Crippen LogP contribution in [0.5, 0.6) is 0 Å². The molecule has 1 aromatic carbocycles. The molecular weight excluding hydrogens is 400 g/mol. The molecular formula is C22H26N4O3S. The lowest BCUT2D eigenvalue weighted by Crippen LogP contribution is -2.40. The Hall–Kier alpha value is -2.74. The minimum atomic E-state index is -3.50. The maximum absolute atomic E-state index is 13.1. The van der Waals surface area contributed by atoms with E-state index in [0.29, 0.717) is 6.54 Å². The van der Waals surface area contributed by atoms with Gasteiger partial charge in [-0.25, -0.2) is 17.9 Å². The lowest BCUT2D eigenvalue weighted by atomic mass is 9.98. The van der Waals surface area contributed by atoms with E-state index in [4.69, 9.17) is 0 Å². The third-order valence-electron chi connectivity index (χ3n) is 5.64. The molecule has 7 nitrogen and oxygen atoms in total. The molecule has 1 fully saturated rings. The maximum Gasteiger partial charge on any atom is 0.224 e. The molecule has 0 spiro atoms. The monoisotopic (exact) mass is 426 g/mol. The molecule has 30 heavy (non-hydrogen) atoms. The van der Waals surface area contributed by atoms with Crippen LogP contribution < -0.4 is 0 Å². The zero-order valence-electron chi connectivity index (χ0n) is 17.3. The maximum atomic E-state index is 13.1. The average Bonchev–Trinajstić information content (AvgIpc) is 3.12. The highest BCUT2D eigenvalue weighted by molar-refractivity contribution is 7.91. The van der Waals surface area contributed by atoms with Gasteiger partial charge in [-0.2, -0.15) is 5.10 Å². The average molecular weight is 427 g/mol. The number of hydrogen-bond acceptors (Lipinski definition) is 5. The van der Waals surface area contributed by atoms with E-state index >= 15 is 0 Å². The summed E-state index contributed by atoms with van der Waals surface area (Å²) in [5, 5.41) is 4.53. The van der Waals surface area contributed by atoms with Crippen LogP contribution >= 0.6 is 0 Å². The third-order valence-corrected chi connectivity index (χ3v) is 7.37. The van der Waals surface area contributed by atoms with Gasteiger partial charge in [-0.1, -0.05) is 17.7 Å². The van der Waals surface area contributed by atoms with Crippen molar-refractivity contribution in [3.05, 3.63) is 59.5 Å². The Bertz CT molecular complexity index is 1170. The summed E-state index contributed by atoms with van der Waals surface area (Å²) in [4.78, 5) is 19.5. The highest BCUT2D eigenvalue weighted by Gasteiger charge is 2.30. The number of carbonyl (C=O) groups is 1. The lowest BCUT2D eigenvalue weighted by Gasteiger charge is -2.36. The van der Waals surface area contributed by atoms with Crippen LogP contribution in [0.3, 0.4) is 0 Å². The summed E-state index contributed by atoms with van der Waals surface area (Å²) < 4.78 is 27.1. The van der Waals surface area contributed by atoms with Crippen molar-refractivity contribution in [2.45, 2.75) is 50.5 Å². The summed E-state index contributed by atoms with van der Waals surface area (Å²) >= 11 is 0. The van der Waals surface area contributed by atoms with Crippen molar-refractivity contribution in [3.63, 3.8) is 0 Å². The van der Waals surface area contributed by atoms with Gasteiger partial charge < -0.3 is 4.90 Å². The molecule has 1 aliphatic rings. The largest absolute Gasteiger partial charge is 0.334 e. The SMILES string of the molecule is Cc1ccc(S(=O)(=O)CCC(=O)N2CCCCC2c2ccnc3cc(C)nn23)cc1. The number of fused-ring (bicyclic) bond motifs is 1. The van der Waals surface area contributed by atoms with Crippen molar-refractivity contribution < 1.29 is 13.2 Å². The third kappa shape index (κ3) is 4.09. The second-order valence-corrected chi connectivity index (χ2v) is 10.0. The number of sulfone groups is 1. The standard InChI is InChI=1S/C22H26N4O3S/c1-16-6-8-18(9-7-16)30(28,29)14-11-22(27)25-13-4-3-5-19(25)20-10-12-23-21-15-17(2)24-26(20)21/h6-10,12,15,19H,3-5,11,13-14H2,1-2H3. The number of benzene rings is 1. The van der Waals surface area contributed by atoms with Gasteiger partial charge in [0.2, 0.25) is 5.91 Å². The Balaban J connectivity index is 1.54. The summed E-state index contributed by atoms with van der Waals surface area (Å²) in [6.07, 6.45) is 4.47. The number of nitrogens with zero attached hydrogens (tertiary/aromatic N) is 4. The normalized spacial score (nSPS) is 17.4. The Labute approximate surface area is 176 Å². The first-order chi connectivity index (χ1) is 14.3. The van der Waals surface area contributed by atoms with Crippen LogP contribution in [0, 0.1) is 13.8 Å². The minimum Gasteiger partial charge on any atom is -0.334 e. The van der Waals surface area contributed by atoms with E-state index in [2.05, 4.69) is 10.1 Å². The van der Waals surface area contributed by atoms with E-state index in [0.717, 1.165) is 41.9 Å². The van der Waals surface area contributed by atoms with Crippen LogP contribution in [0.2, 0.25) is 0 Å². The Morgan fingerprint density at radius 2 is 1.90 bits per heavy atom. The predicted molar refractivity (Wildman–Crippen MR) is 114 cm³/mol. The van der Waals surface area contributed by atoms with Crippen LogP contribution in [0.1, 0.15) is 48.7 Å². The van der Waals surface area contributed by atoms with E-state index in [1.807, 2.05) is 30.9 Å². The van der Waals surface area contributed by atoms with Crippen LogP contribution in [0.4, 0.5) is 0 Å². The van der Waals surface area contributed by atoms with Gasteiger partial charge in [0.1, 0.15) is 0 Å². The molecule has 0 bridgehead atoms. The quantitative estimate of drug-likeness (QED) is 0.625. The van der Waals surface area contributed by atoms with Gasteiger partial charge in [0.25, 0.3) is 0 Å². The van der Waals surface area contributed by atoms with Crippen LogP contribution in [0.25, 0.3) is 5.65 Å². The van der Waals surface area contributed by atoms with E-state index in [9.17, 15) is 13.2 Å². The van der Waals surface area contributed by atoms with Crippen molar-refractivity contribution in [2.24, 2.45) is 0 Å². The summed E-state index contributed by atoms with van der Waals surface area (Å²) in [5.74, 6) is -0.325. The van der Waals surface area contributed by atoms with Gasteiger partial charge in [-0.15, -0.1) is 0 Å². The molecule has 1 unspecified atom stereocenters. The second kappa shape index (κ2) is 8.18. The first-order valence-electron chi connectivity index (χ1n) is 10.3. The smallest absolute Gasteiger partial charge is 0.224 e. The number of likely N-dealkylation sites (tertiary alicyclic amines) is 1. The summed E-state index contributed by atoms with van der Waals surface area (Å²) in [6.45, 7) is 4.45. The molecule has 1 saturated heterocycles. The zero-order chi connectivity index (χ0) is 21.3. The number of rotatable bonds is 5. The number of hydrogen-bond donors (Lipinski definition) is 0. The van der Waals surface area contributed by atoms with Crippen molar-refractivity contribution >= 4 is 21.4 Å². The van der Waals surface area contributed by atoms with Gasteiger partial charge in [-0.05, 0) is 51.3 Å². The molecule has 8 heteroatoms. The van der Waals surface area contributed by atoms with Crippen molar-refractivity contribution in [3.8, 4) is 0 Å². The van der Waals surface area contributed by atoms with Crippen LogP contribution in [0.15, 0.2) is 47.5 Å². The highest BCUT2D eigenvalue weighted by atomic mass is 32.2. The van der Waals surface area contributed by atoms with E-state index in [1.165, 1.54) is 0 Å². The molecule has 158 valence electrons. The molecule has 4 rings (SSSR count). The summed E-state index contributed by atoms with van der Waals surface area (Å²) in [7, 11) is -3.50. The van der Waals surface area contributed by atoms with E-state index < -0.39 is 9.84 Å². The highest BCUT2D eigenvalue weighted by Crippen LogP contribution is 2.31. The Morgan fingerprint density at radius 1 is 1.13 bits per heavy atom. The number of piperidine rings is 1. The molecule has 3 heterocycles. The number of amides is 1. The predicted octanol–water partition coefficient (Wildman–Crippen LogP) is 3.26. The minimum absolute atomic E-state index is 0.0287. The second-order valence-electron chi connectivity index (χ2n) is 7.91. The fraction of sp³-hybridized carbons (Fsp3) is 0.409. The molecule has 1 aliphatic heterocycles. The summed E-state index contributed by atoms with van der Waals surface area (Å²) in [5.41, 5.74) is 3.54. The number of carbonyl (C=O) groups excluding carboxylic acids is 1. The molecule has 2 aromatic heterocycles. The van der Waals surface area contributed by atoms with Crippen LogP contribution in [-0.2, 0) is 14.6 Å². The van der Waals surface area contributed by atoms with Crippen molar-refractivity contribution in [2.75, 3.05) is 12.3 Å². The fourth-order valence-electron chi connectivity index (χ4n) is 4.05. The molecule has 0 radical (unpaired) electrons. The van der Waals surface area contributed by atoms with Gasteiger partial charge in [0.05, 0.1) is 28.1 Å². The van der Waals surface area contributed by atoms with Gasteiger partial charge >= 0.3 is 0 Å². The molecule has 3 aromatic rings. The first kappa shape index (κ1) is 20.5. The molecule has 0 aliphatic carbocycles. The topological polar surface area (TPSA) is 84.6 Å². The van der Waals surface area contributed by atoms with Gasteiger partial charge in [-0.3, -0.25) is 4.79 Å². The van der Waals surface area contributed by atoms with Crippen LogP contribution in [-0.4, -0.2) is 46.1 Å². The number of aromatic nitrogens is 3.